The molecule has 0 bridgehead atoms. The number of pyridine rings is 2. The summed E-state index contributed by atoms with van der Waals surface area (Å²) in [6, 6.07) is 11.1. The Kier molecular flexibility index (Phi) is 6.96. The molecule has 0 saturated heterocycles. The molecule has 11 heteroatoms. The molecule has 4 heterocycles. The fourth-order valence-corrected chi connectivity index (χ4v) is 3.42. The molecule has 186 valence electrons. The molecular weight excluding hydrogens is 468 g/mol. The number of anilines is 2. The largest absolute Gasteiger partial charge is 0.490 e. The van der Waals surface area contributed by atoms with E-state index in [1.807, 2.05) is 38.1 Å². The topological polar surface area (TPSA) is 110 Å². The maximum atomic E-state index is 12.7. The first kappa shape index (κ1) is 24.8. The average molecular weight is 494 g/mol. The molecule has 0 saturated carbocycles. The zero-order chi connectivity index (χ0) is 25.9. The molecule has 0 aromatic carbocycles. The van der Waals surface area contributed by atoms with Gasteiger partial charge in [0.05, 0.1) is 23.2 Å². The molecule has 1 N–H and O–H groups in total. The van der Waals surface area contributed by atoms with Crippen molar-refractivity contribution in [1.82, 2.24) is 24.6 Å². The van der Waals surface area contributed by atoms with Gasteiger partial charge in [0.15, 0.2) is 12.4 Å². The van der Waals surface area contributed by atoms with E-state index in [0.29, 0.717) is 28.8 Å². The highest BCUT2D eigenvalue weighted by Gasteiger charge is 2.20. The van der Waals surface area contributed by atoms with Crippen molar-refractivity contribution in [2.75, 3.05) is 18.5 Å². The maximum Gasteiger partial charge on any atom is 0.272 e. The predicted octanol–water partition coefficient (Wildman–Crippen LogP) is 5.12. The number of rotatable bonds is 9. The first-order chi connectivity index (χ1) is 17.1. The molecule has 0 aliphatic heterocycles. The maximum absolute atomic E-state index is 12.7. The number of aromatic nitrogens is 5. The van der Waals surface area contributed by atoms with Gasteiger partial charge in [0, 0.05) is 35.7 Å². The molecule has 4 aromatic heterocycles. The number of nitriles is 1. The van der Waals surface area contributed by atoms with Crippen LogP contribution in [0, 0.1) is 30.6 Å². The van der Waals surface area contributed by atoms with E-state index in [4.69, 9.17) is 9.47 Å². The van der Waals surface area contributed by atoms with Gasteiger partial charge in [-0.3, -0.25) is 0 Å². The van der Waals surface area contributed by atoms with Crippen LogP contribution in [-0.4, -0.2) is 44.2 Å². The Labute approximate surface area is 206 Å². The van der Waals surface area contributed by atoms with Crippen LogP contribution in [0.4, 0.5) is 20.4 Å². The number of aryl methyl sites for hydroxylation is 2. The first-order valence-electron chi connectivity index (χ1n) is 11.2. The number of nitrogens with zero attached hydrogens (tertiary/aromatic N) is 6. The van der Waals surface area contributed by atoms with Crippen molar-refractivity contribution >= 4 is 17.2 Å². The molecule has 0 unspecified atom stereocenters. The average Bonchev–Trinajstić information content (AvgIpc) is 3.22. The quantitative estimate of drug-likeness (QED) is 0.342. The van der Waals surface area contributed by atoms with Gasteiger partial charge in [0.2, 0.25) is 5.88 Å². The van der Waals surface area contributed by atoms with E-state index in [1.54, 1.807) is 30.6 Å². The van der Waals surface area contributed by atoms with Gasteiger partial charge < -0.3 is 14.8 Å². The highest BCUT2D eigenvalue weighted by Crippen LogP contribution is 2.34. The van der Waals surface area contributed by atoms with Crippen LogP contribution in [0.2, 0.25) is 0 Å². The Morgan fingerprint density at radius 2 is 1.92 bits per heavy atom. The molecule has 0 amide bonds. The van der Waals surface area contributed by atoms with Crippen LogP contribution in [0.25, 0.3) is 16.6 Å². The number of halogens is 2. The van der Waals surface area contributed by atoms with Crippen molar-refractivity contribution < 1.29 is 18.3 Å². The third kappa shape index (κ3) is 6.02. The highest BCUT2D eigenvalue weighted by molar-refractivity contribution is 5.75. The summed E-state index contributed by atoms with van der Waals surface area (Å²) in [5, 5.41) is 17.0. The monoisotopic (exact) mass is 493 g/mol. The number of ether oxygens (including phenoxy) is 2. The molecule has 0 fully saturated rings. The Bertz CT molecular complexity index is 1410. The molecule has 0 aliphatic rings. The minimum Gasteiger partial charge on any atom is -0.490 e. The Balaban J connectivity index is 1.67. The lowest BCUT2D eigenvalue weighted by molar-refractivity contribution is 0.0795. The minimum absolute atomic E-state index is 0.0439. The van der Waals surface area contributed by atoms with Gasteiger partial charge in [-0.15, -0.1) is 0 Å². The second-order valence-corrected chi connectivity index (χ2v) is 8.89. The van der Waals surface area contributed by atoms with Crippen molar-refractivity contribution in [1.29, 1.82) is 5.26 Å². The zero-order valence-corrected chi connectivity index (χ0v) is 20.3. The lowest BCUT2D eigenvalue weighted by Crippen LogP contribution is -2.19. The van der Waals surface area contributed by atoms with Gasteiger partial charge in [-0.25, -0.2) is 28.2 Å². The molecule has 36 heavy (non-hydrogen) atoms. The van der Waals surface area contributed by atoms with Gasteiger partial charge in [-0.1, -0.05) is 0 Å². The molecule has 0 spiro atoms. The molecule has 0 atom stereocenters. The van der Waals surface area contributed by atoms with Crippen LogP contribution >= 0.6 is 0 Å². The fraction of sp³-hybridized carbons (Fsp3) is 0.320. The third-order valence-electron chi connectivity index (χ3n) is 5.09. The molecule has 0 aliphatic carbocycles. The van der Waals surface area contributed by atoms with Crippen LogP contribution in [-0.2, 0) is 0 Å². The SMILES string of the molecule is Cc1cc(Nc2cc3cc(-c4cc(OCC(F)F)ncc4OCC(C)(C)C#N)ccn3n2)nc(C)n1. The predicted molar refractivity (Wildman–Crippen MR) is 130 cm³/mol. The number of fused-ring (bicyclic) bond motifs is 1. The van der Waals surface area contributed by atoms with Crippen LogP contribution in [0.1, 0.15) is 25.4 Å². The normalized spacial score (nSPS) is 11.5. The summed E-state index contributed by atoms with van der Waals surface area (Å²) in [5.41, 5.74) is 2.20. The molecule has 9 nitrogen and oxygen atoms in total. The van der Waals surface area contributed by atoms with E-state index < -0.39 is 18.4 Å². The van der Waals surface area contributed by atoms with Crippen molar-refractivity contribution in [3.63, 3.8) is 0 Å². The van der Waals surface area contributed by atoms with E-state index in [-0.39, 0.29) is 12.5 Å². The van der Waals surface area contributed by atoms with Crippen LogP contribution in [0.5, 0.6) is 11.6 Å². The van der Waals surface area contributed by atoms with E-state index in [9.17, 15) is 14.0 Å². The van der Waals surface area contributed by atoms with Crippen molar-refractivity contribution in [2.45, 2.75) is 34.1 Å². The Morgan fingerprint density at radius 3 is 2.64 bits per heavy atom. The van der Waals surface area contributed by atoms with Gasteiger partial charge >= 0.3 is 0 Å². The second-order valence-electron chi connectivity index (χ2n) is 8.89. The van der Waals surface area contributed by atoms with Crippen LogP contribution in [0.3, 0.4) is 0 Å². The van der Waals surface area contributed by atoms with E-state index in [1.165, 1.54) is 6.20 Å². The van der Waals surface area contributed by atoms with Gasteiger partial charge in [-0.2, -0.15) is 10.4 Å². The summed E-state index contributed by atoms with van der Waals surface area (Å²) in [5.74, 6) is 2.32. The van der Waals surface area contributed by atoms with Crippen LogP contribution in [0.15, 0.2) is 42.7 Å². The summed E-state index contributed by atoms with van der Waals surface area (Å²) >= 11 is 0. The molecular formula is C25H25F2N7O2. The third-order valence-corrected chi connectivity index (χ3v) is 5.09. The van der Waals surface area contributed by atoms with Crippen molar-refractivity contribution in [2.24, 2.45) is 5.41 Å². The first-order valence-corrected chi connectivity index (χ1v) is 11.2. The van der Waals surface area contributed by atoms with E-state index in [0.717, 1.165) is 16.8 Å². The molecule has 4 rings (SSSR count). The summed E-state index contributed by atoms with van der Waals surface area (Å²) in [6.45, 7) is 6.57. The molecule has 0 radical (unpaired) electrons. The summed E-state index contributed by atoms with van der Waals surface area (Å²) in [6.07, 6.45) is 0.561. The summed E-state index contributed by atoms with van der Waals surface area (Å²) in [7, 11) is 0. The highest BCUT2D eigenvalue weighted by atomic mass is 19.3. The zero-order valence-electron chi connectivity index (χ0n) is 20.3. The summed E-state index contributed by atoms with van der Waals surface area (Å²) < 4.78 is 38.0. The fourth-order valence-electron chi connectivity index (χ4n) is 3.42. The standard InChI is InChI=1S/C25H25F2N7O2/c1-15-7-22(31-16(2)30-15)32-23-9-18-8-17(5-6-34(18)33-23)19-10-24(35-12-21(26)27)29-11-20(19)36-14-25(3,4)13-28/h5-11,21H,12,14H2,1-4H3,(H,30,31,32,33). The Hall–Kier alpha value is -4.33. The number of nitrogens with one attached hydrogen (secondary N) is 1. The van der Waals surface area contributed by atoms with Crippen molar-refractivity contribution in [3.05, 3.63) is 54.2 Å². The minimum atomic E-state index is -2.63. The second kappa shape index (κ2) is 10.1. The number of alkyl halides is 2. The molecule has 4 aromatic rings. The number of hydrogen-bond donors (Lipinski definition) is 1. The van der Waals surface area contributed by atoms with Gasteiger partial charge in [-0.05, 0) is 45.4 Å². The van der Waals surface area contributed by atoms with E-state index in [2.05, 4.69) is 31.4 Å². The van der Waals surface area contributed by atoms with E-state index >= 15 is 0 Å². The Morgan fingerprint density at radius 1 is 1.11 bits per heavy atom. The van der Waals surface area contributed by atoms with Gasteiger partial charge in [0.1, 0.15) is 24.0 Å². The smallest absolute Gasteiger partial charge is 0.272 e. The van der Waals surface area contributed by atoms with Crippen molar-refractivity contribution in [3.8, 4) is 28.8 Å². The number of hydrogen-bond acceptors (Lipinski definition) is 8. The van der Waals surface area contributed by atoms with Gasteiger partial charge in [0.25, 0.3) is 6.43 Å². The summed E-state index contributed by atoms with van der Waals surface area (Å²) in [4.78, 5) is 12.7. The lowest BCUT2D eigenvalue weighted by atomic mass is 9.97. The van der Waals surface area contributed by atoms with Crippen LogP contribution < -0.4 is 14.8 Å². The lowest BCUT2D eigenvalue weighted by Gasteiger charge is -2.18.